The topological polar surface area (TPSA) is 109 Å². The quantitative estimate of drug-likeness (QED) is 0.359. The predicted octanol–water partition coefficient (Wildman–Crippen LogP) is 3.50. The molecule has 0 radical (unpaired) electrons. The van der Waals surface area contributed by atoms with Gasteiger partial charge in [-0.3, -0.25) is 4.79 Å². The van der Waals surface area contributed by atoms with Gasteiger partial charge < -0.3 is 24.3 Å². The normalized spacial score (nSPS) is 11.5. The minimum absolute atomic E-state index is 0.123. The van der Waals surface area contributed by atoms with Gasteiger partial charge in [-0.2, -0.15) is 4.52 Å². The molecule has 1 N–H and O–H groups in total. The fourth-order valence-electron chi connectivity index (χ4n) is 3.81. The van der Waals surface area contributed by atoms with Crippen molar-refractivity contribution in [3.63, 3.8) is 0 Å². The molecule has 0 bridgehead atoms. The molecule has 0 unspecified atom stereocenters. The molecule has 10 nitrogen and oxygen atoms in total. The summed E-state index contributed by atoms with van der Waals surface area (Å²) in [6.45, 7) is 2.04. The van der Waals surface area contributed by atoms with Crippen LogP contribution in [-0.2, 0) is 4.79 Å². The Morgan fingerprint density at radius 3 is 2.36 bits per heavy atom. The molecule has 0 saturated heterocycles. The Kier molecular flexibility index (Phi) is 7.53. The molecular formula is C26H29N5O5. The van der Waals surface area contributed by atoms with Crippen molar-refractivity contribution in [2.24, 2.45) is 0 Å². The van der Waals surface area contributed by atoms with E-state index in [1.807, 2.05) is 25.1 Å². The molecule has 2 aromatic carbocycles. The average Bonchev–Trinajstić information content (AvgIpc) is 3.46. The van der Waals surface area contributed by atoms with E-state index in [1.165, 1.54) is 0 Å². The van der Waals surface area contributed by atoms with E-state index in [9.17, 15) is 4.79 Å². The summed E-state index contributed by atoms with van der Waals surface area (Å²) < 4.78 is 23.4. The SMILES string of the molecule is CCCCC(=O)Nc1nn2c(-c3cc(OC)ccc3OC)nnc2c1=Cc1ccc(OC)cc1OC. The second-order valence-electron chi connectivity index (χ2n) is 7.99. The third-order valence-electron chi connectivity index (χ3n) is 5.74. The van der Waals surface area contributed by atoms with Crippen LogP contribution in [0.4, 0.5) is 5.82 Å². The summed E-state index contributed by atoms with van der Waals surface area (Å²) in [7, 11) is 6.35. The van der Waals surface area contributed by atoms with Crippen LogP contribution < -0.4 is 29.5 Å². The van der Waals surface area contributed by atoms with E-state index in [1.54, 1.807) is 57.2 Å². The molecular weight excluding hydrogens is 462 g/mol. The molecule has 0 aliphatic heterocycles. The Morgan fingerprint density at radius 1 is 0.944 bits per heavy atom. The van der Waals surface area contributed by atoms with Crippen LogP contribution in [0.1, 0.15) is 31.7 Å². The zero-order chi connectivity index (χ0) is 25.7. The first kappa shape index (κ1) is 24.8. The maximum absolute atomic E-state index is 12.6. The van der Waals surface area contributed by atoms with Crippen LogP contribution in [0.3, 0.4) is 0 Å². The summed E-state index contributed by atoms with van der Waals surface area (Å²) >= 11 is 0. The summed E-state index contributed by atoms with van der Waals surface area (Å²) in [6, 6.07) is 10.9. The van der Waals surface area contributed by atoms with Gasteiger partial charge in [0.2, 0.25) is 5.91 Å². The van der Waals surface area contributed by atoms with Crippen LogP contribution in [0.25, 0.3) is 23.1 Å². The van der Waals surface area contributed by atoms with E-state index in [2.05, 4.69) is 20.6 Å². The zero-order valence-electron chi connectivity index (χ0n) is 21.0. The van der Waals surface area contributed by atoms with Crippen LogP contribution in [0, 0.1) is 0 Å². The summed E-state index contributed by atoms with van der Waals surface area (Å²) in [5.41, 5.74) is 1.89. The van der Waals surface area contributed by atoms with E-state index < -0.39 is 0 Å². The molecule has 10 heteroatoms. The minimum Gasteiger partial charge on any atom is -0.497 e. The highest BCUT2D eigenvalue weighted by Gasteiger charge is 2.20. The van der Waals surface area contributed by atoms with Crippen molar-refractivity contribution >= 4 is 23.4 Å². The van der Waals surface area contributed by atoms with Gasteiger partial charge in [0.15, 0.2) is 17.3 Å². The van der Waals surface area contributed by atoms with Gasteiger partial charge >= 0.3 is 0 Å². The van der Waals surface area contributed by atoms with Crippen molar-refractivity contribution in [3.8, 4) is 34.4 Å². The number of anilines is 1. The fraction of sp³-hybridized carbons (Fsp3) is 0.308. The largest absolute Gasteiger partial charge is 0.497 e. The second kappa shape index (κ2) is 10.9. The molecule has 4 aromatic rings. The summed E-state index contributed by atoms with van der Waals surface area (Å²) in [4.78, 5) is 12.6. The number of hydrogen-bond donors (Lipinski definition) is 1. The number of carbonyl (C=O) groups is 1. The first-order valence-corrected chi connectivity index (χ1v) is 11.5. The van der Waals surface area contributed by atoms with Gasteiger partial charge in [0.05, 0.1) is 39.2 Å². The smallest absolute Gasteiger partial charge is 0.225 e. The third kappa shape index (κ3) is 4.88. The Labute approximate surface area is 208 Å². The lowest BCUT2D eigenvalue weighted by atomic mass is 10.1. The van der Waals surface area contributed by atoms with Gasteiger partial charge in [0, 0.05) is 18.1 Å². The number of unbranched alkanes of at least 4 members (excludes halogenated alkanes) is 1. The molecule has 2 aromatic heterocycles. The first-order chi connectivity index (χ1) is 17.5. The maximum Gasteiger partial charge on any atom is 0.225 e. The summed E-state index contributed by atoms with van der Waals surface area (Å²) in [6.07, 6.45) is 3.95. The lowest BCUT2D eigenvalue weighted by Crippen LogP contribution is -2.17. The van der Waals surface area contributed by atoms with E-state index >= 15 is 0 Å². The van der Waals surface area contributed by atoms with E-state index in [0.717, 1.165) is 18.4 Å². The molecule has 0 saturated carbocycles. The molecule has 0 fully saturated rings. The van der Waals surface area contributed by atoms with Crippen molar-refractivity contribution in [2.75, 3.05) is 33.8 Å². The number of hydrogen-bond acceptors (Lipinski definition) is 8. The average molecular weight is 492 g/mol. The Bertz CT molecular complexity index is 1430. The molecule has 4 rings (SSSR count). The van der Waals surface area contributed by atoms with Crippen LogP contribution >= 0.6 is 0 Å². The van der Waals surface area contributed by atoms with Gasteiger partial charge in [0.1, 0.15) is 23.0 Å². The van der Waals surface area contributed by atoms with Crippen molar-refractivity contribution in [1.29, 1.82) is 0 Å². The van der Waals surface area contributed by atoms with Crippen molar-refractivity contribution in [1.82, 2.24) is 19.8 Å². The third-order valence-corrected chi connectivity index (χ3v) is 5.74. The van der Waals surface area contributed by atoms with Crippen molar-refractivity contribution in [3.05, 3.63) is 47.2 Å². The Balaban J connectivity index is 1.92. The van der Waals surface area contributed by atoms with Crippen molar-refractivity contribution < 1.29 is 23.7 Å². The van der Waals surface area contributed by atoms with Crippen LogP contribution in [0.5, 0.6) is 23.0 Å². The fourth-order valence-corrected chi connectivity index (χ4v) is 3.81. The van der Waals surface area contributed by atoms with Gasteiger partial charge in [-0.25, -0.2) is 0 Å². The number of nitrogens with zero attached hydrogens (tertiary/aromatic N) is 4. The molecule has 2 heterocycles. The highest BCUT2D eigenvalue weighted by atomic mass is 16.5. The van der Waals surface area contributed by atoms with Gasteiger partial charge in [-0.15, -0.1) is 15.3 Å². The number of carbonyl (C=O) groups excluding carboxylic acids is 1. The minimum atomic E-state index is -0.123. The molecule has 188 valence electrons. The highest BCUT2D eigenvalue weighted by Crippen LogP contribution is 2.32. The van der Waals surface area contributed by atoms with Gasteiger partial charge in [0.25, 0.3) is 0 Å². The Morgan fingerprint density at radius 2 is 1.67 bits per heavy atom. The second-order valence-corrected chi connectivity index (χ2v) is 7.99. The monoisotopic (exact) mass is 491 g/mol. The number of methoxy groups -OCH3 is 4. The molecule has 0 aliphatic rings. The number of ether oxygens (including phenoxy) is 4. The molecule has 0 atom stereocenters. The number of aromatic nitrogens is 4. The highest BCUT2D eigenvalue weighted by molar-refractivity contribution is 5.91. The first-order valence-electron chi connectivity index (χ1n) is 11.5. The van der Waals surface area contributed by atoms with Gasteiger partial charge in [-0.1, -0.05) is 13.3 Å². The van der Waals surface area contributed by atoms with E-state index in [0.29, 0.717) is 57.5 Å². The molecule has 0 spiro atoms. The number of fused-ring (bicyclic) bond motifs is 1. The molecule has 36 heavy (non-hydrogen) atoms. The van der Waals surface area contributed by atoms with Gasteiger partial charge in [-0.05, 0) is 42.8 Å². The van der Waals surface area contributed by atoms with Crippen LogP contribution in [0.15, 0.2) is 36.4 Å². The van der Waals surface area contributed by atoms with E-state index in [4.69, 9.17) is 18.9 Å². The number of nitrogens with one attached hydrogen (secondary N) is 1. The summed E-state index contributed by atoms with van der Waals surface area (Å²) in [5, 5.41) is 17.0. The standard InChI is InChI=1S/C26H29N5O5/c1-6-7-8-23(32)27-24-20(13-16-9-10-18(34-3)15-22(16)36-5)26-29-28-25(31(26)30-24)19-14-17(33-2)11-12-21(19)35-4/h9-15H,6-8H2,1-5H3,(H,27,30,32). The number of rotatable bonds is 10. The molecule has 1 amide bonds. The number of benzene rings is 2. The zero-order valence-corrected chi connectivity index (χ0v) is 21.0. The lowest BCUT2D eigenvalue weighted by molar-refractivity contribution is -0.116. The lowest BCUT2D eigenvalue weighted by Gasteiger charge is -2.08. The predicted molar refractivity (Wildman–Crippen MR) is 136 cm³/mol. The van der Waals surface area contributed by atoms with Crippen LogP contribution in [-0.4, -0.2) is 54.2 Å². The van der Waals surface area contributed by atoms with Crippen LogP contribution in [0.2, 0.25) is 0 Å². The van der Waals surface area contributed by atoms with E-state index in [-0.39, 0.29) is 5.91 Å². The molecule has 0 aliphatic carbocycles. The summed E-state index contributed by atoms with van der Waals surface area (Å²) in [5.74, 6) is 3.19. The van der Waals surface area contributed by atoms with Crippen molar-refractivity contribution in [2.45, 2.75) is 26.2 Å². The Hall–Kier alpha value is -4.34. The maximum atomic E-state index is 12.6. The number of amides is 1.